The summed E-state index contributed by atoms with van der Waals surface area (Å²) in [5, 5.41) is 0. The van der Waals surface area contributed by atoms with E-state index < -0.39 is 0 Å². The second kappa shape index (κ2) is 7.07. The van der Waals surface area contributed by atoms with E-state index in [1.54, 1.807) is 0 Å². The van der Waals surface area contributed by atoms with Gasteiger partial charge in [0.15, 0.2) is 0 Å². The number of hydrogen-bond donors (Lipinski definition) is 0. The maximum Gasteiger partial charge on any atom is 0.241 e. The number of hydrogen-bond acceptors (Lipinski definition) is 4. The van der Waals surface area contributed by atoms with Crippen LogP contribution in [-0.4, -0.2) is 67.0 Å². The Bertz CT molecular complexity index is 778. The average Bonchev–Trinajstić information content (AvgIpc) is 3.55. The molecule has 1 saturated carbocycles. The molecule has 0 unspecified atom stereocenters. The van der Waals surface area contributed by atoms with Crippen molar-refractivity contribution >= 4 is 17.5 Å². The van der Waals surface area contributed by atoms with E-state index >= 15 is 0 Å². The van der Waals surface area contributed by atoms with Gasteiger partial charge in [0.05, 0.1) is 18.8 Å². The lowest BCUT2D eigenvalue weighted by molar-refractivity contribution is -0.140. The molecule has 3 heterocycles. The second-order valence-electron chi connectivity index (χ2n) is 8.93. The van der Waals surface area contributed by atoms with Gasteiger partial charge in [-0.05, 0) is 50.8 Å². The second-order valence-corrected chi connectivity index (χ2v) is 8.93. The Morgan fingerprint density at radius 2 is 2.00 bits per heavy atom. The minimum atomic E-state index is 0.152. The van der Waals surface area contributed by atoms with Crippen molar-refractivity contribution in [2.45, 2.75) is 44.6 Å². The number of carbonyl (C=O) groups is 2. The van der Waals surface area contributed by atoms with Crippen LogP contribution in [-0.2, 0) is 9.59 Å². The van der Waals surface area contributed by atoms with E-state index in [2.05, 4.69) is 9.80 Å². The van der Waals surface area contributed by atoms with Crippen molar-refractivity contribution < 1.29 is 14.3 Å². The van der Waals surface area contributed by atoms with Gasteiger partial charge in [0.25, 0.3) is 0 Å². The van der Waals surface area contributed by atoms with E-state index in [9.17, 15) is 9.59 Å². The Hall–Kier alpha value is -2.08. The number of anilines is 1. The van der Waals surface area contributed by atoms with Crippen molar-refractivity contribution in [3.05, 3.63) is 24.3 Å². The first-order chi connectivity index (χ1) is 13.6. The molecule has 3 fully saturated rings. The van der Waals surface area contributed by atoms with E-state index in [1.165, 1.54) is 19.3 Å². The third kappa shape index (κ3) is 3.39. The number of para-hydroxylation sites is 2. The van der Waals surface area contributed by atoms with Gasteiger partial charge in [0.2, 0.25) is 11.8 Å². The van der Waals surface area contributed by atoms with Crippen molar-refractivity contribution in [3.8, 4) is 5.75 Å². The van der Waals surface area contributed by atoms with Gasteiger partial charge < -0.3 is 14.5 Å². The number of fused-ring (bicyclic) bond motifs is 1. The standard InChI is InChI=1S/C22H29N3O3/c26-20-8-10-22(16-25(20)17-6-7-17)9-3-11-23(15-22)14-21(27)24-12-13-28-19-5-2-1-4-18(19)24/h1-2,4-5,17H,3,6-16H2/t22-/m0/s1. The third-order valence-corrected chi connectivity index (χ3v) is 6.81. The highest BCUT2D eigenvalue weighted by Gasteiger charge is 2.45. The van der Waals surface area contributed by atoms with Crippen LogP contribution in [0.2, 0.25) is 0 Å². The summed E-state index contributed by atoms with van der Waals surface area (Å²) in [5.41, 5.74) is 1.06. The zero-order chi connectivity index (χ0) is 19.1. The molecule has 1 spiro atoms. The summed E-state index contributed by atoms with van der Waals surface area (Å²) in [6.45, 7) is 4.40. The number of piperidine rings is 2. The van der Waals surface area contributed by atoms with Crippen LogP contribution >= 0.6 is 0 Å². The summed E-state index contributed by atoms with van der Waals surface area (Å²) in [6, 6.07) is 8.28. The van der Waals surface area contributed by atoms with Gasteiger partial charge in [0.1, 0.15) is 12.4 Å². The van der Waals surface area contributed by atoms with Gasteiger partial charge in [-0.1, -0.05) is 12.1 Å². The van der Waals surface area contributed by atoms with Gasteiger partial charge in [-0.3, -0.25) is 14.5 Å². The Morgan fingerprint density at radius 1 is 1.14 bits per heavy atom. The summed E-state index contributed by atoms with van der Waals surface area (Å²) in [4.78, 5) is 31.8. The van der Waals surface area contributed by atoms with Crippen molar-refractivity contribution in [2.75, 3.05) is 44.2 Å². The molecule has 0 bridgehead atoms. The van der Waals surface area contributed by atoms with E-state index in [0.717, 1.165) is 43.9 Å². The normalized spacial score (nSPS) is 28.2. The molecule has 2 saturated heterocycles. The van der Waals surface area contributed by atoms with E-state index in [1.807, 2.05) is 29.2 Å². The Kier molecular flexibility index (Phi) is 4.54. The number of nitrogens with zero attached hydrogens (tertiary/aromatic N) is 3. The molecule has 0 radical (unpaired) electrons. The lowest BCUT2D eigenvalue weighted by Gasteiger charge is -2.48. The van der Waals surface area contributed by atoms with Crippen LogP contribution < -0.4 is 9.64 Å². The monoisotopic (exact) mass is 383 g/mol. The van der Waals surface area contributed by atoms with Crippen LogP contribution in [0.5, 0.6) is 5.75 Å². The Labute approximate surface area is 166 Å². The van der Waals surface area contributed by atoms with Crippen molar-refractivity contribution in [1.82, 2.24) is 9.80 Å². The minimum absolute atomic E-state index is 0.152. The molecule has 1 aromatic rings. The van der Waals surface area contributed by atoms with Crippen molar-refractivity contribution in [3.63, 3.8) is 0 Å². The van der Waals surface area contributed by atoms with Crippen LogP contribution in [0.25, 0.3) is 0 Å². The first-order valence-corrected chi connectivity index (χ1v) is 10.7. The minimum Gasteiger partial charge on any atom is -0.490 e. The molecule has 1 aliphatic carbocycles. The molecular weight excluding hydrogens is 354 g/mol. The number of benzene rings is 1. The molecule has 6 nitrogen and oxygen atoms in total. The van der Waals surface area contributed by atoms with Gasteiger partial charge in [-0.15, -0.1) is 0 Å². The average molecular weight is 383 g/mol. The summed E-state index contributed by atoms with van der Waals surface area (Å²) in [7, 11) is 0. The number of carbonyl (C=O) groups excluding carboxylic acids is 2. The number of ether oxygens (including phenoxy) is 1. The third-order valence-electron chi connectivity index (χ3n) is 6.81. The van der Waals surface area contributed by atoms with Crippen LogP contribution in [0.15, 0.2) is 24.3 Å². The van der Waals surface area contributed by atoms with Gasteiger partial charge in [-0.2, -0.15) is 0 Å². The topological polar surface area (TPSA) is 53.1 Å². The van der Waals surface area contributed by atoms with E-state index in [-0.39, 0.29) is 11.3 Å². The highest BCUT2D eigenvalue weighted by Crippen LogP contribution is 2.42. The van der Waals surface area contributed by atoms with Gasteiger partial charge >= 0.3 is 0 Å². The summed E-state index contributed by atoms with van der Waals surface area (Å²) in [6.07, 6.45) is 6.27. The molecule has 5 rings (SSSR count). The maximum atomic E-state index is 13.1. The van der Waals surface area contributed by atoms with Crippen LogP contribution in [0.1, 0.15) is 38.5 Å². The first kappa shape index (κ1) is 18.0. The molecule has 1 aromatic carbocycles. The molecule has 4 aliphatic rings. The fraction of sp³-hybridized carbons (Fsp3) is 0.636. The van der Waals surface area contributed by atoms with Crippen molar-refractivity contribution in [1.29, 1.82) is 0 Å². The lowest BCUT2D eigenvalue weighted by atomic mass is 9.73. The molecule has 28 heavy (non-hydrogen) atoms. The van der Waals surface area contributed by atoms with Crippen LogP contribution in [0.3, 0.4) is 0 Å². The smallest absolute Gasteiger partial charge is 0.241 e. The number of likely N-dealkylation sites (tertiary alicyclic amines) is 2. The molecule has 0 N–H and O–H groups in total. The number of amides is 2. The number of rotatable bonds is 3. The molecular formula is C22H29N3O3. The summed E-state index contributed by atoms with van der Waals surface area (Å²) >= 11 is 0. The molecule has 6 heteroatoms. The molecule has 1 atom stereocenters. The highest BCUT2D eigenvalue weighted by molar-refractivity contribution is 5.96. The quantitative estimate of drug-likeness (QED) is 0.804. The molecule has 0 aromatic heterocycles. The predicted octanol–water partition coefficient (Wildman–Crippen LogP) is 2.28. The van der Waals surface area contributed by atoms with Gasteiger partial charge in [-0.25, -0.2) is 0 Å². The van der Waals surface area contributed by atoms with E-state index in [4.69, 9.17) is 4.74 Å². The zero-order valence-electron chi connectivity index (χ0n) is 16.4. The van der Waals surface area contributed by atoms with Crippen LogP contribution in [0.4, 0.5) is 5.69 Å². The van der Waals surface area contributed by atoms with Gasteiger partial charge in [0, 0.05) is 31.0 Å². The molecule has 3 aliphatic heterocycles. The fourth-order valence-electron chi connectivity index (χ4n) is 5.25. The fourth-order valence-corrected chi connectivity index (χ4v) is 5.25. The largest absolute Gasteiger partial charge is 0.490 e. The predicted molar refractivity (Wildman–Crippen MR) is 106 cm³/mol. The SMILES string of the molecule is O=C(CN1CCC[C@]2(CCC(=O)N(C3CC3)C2)C1)N1CCOc2ccccc21. The highest BCUT2D eigenvalue weighted by atomic mass is 16.5. The lowest BCUT2D eigenvalue weighted by Crippen LogP contribution is -2.56. The molecule has 150 valence electrons. The van der Waals surface area contributed by atoms with Crippen LogP contribution in [0, 0.1) is 5.41 Å². The van der Waals surface area contributed by atoms with E-state index in [0.29, 0.717) is 38.1 Å². The Balaban J connectivity index is 1.26. The van der Waals surface area contributed by atoms with Crippen molar-refractivity contribution in [2.24, 2.45) is 5.41 Å². The maximum absolute atomic E-state index is 13.1. The zero-order valence-corrected chi connectivity index (χ0v) is 16.4. The first-order valence-electron chi connectivity index (χ1n) is 10.7. The molecule has 2 amide bonds. The summed E-state index contributed by atoms with van der Waals surface area (Å²) < 4.78 is 5.69. The Morgan fingerprint density at radius 3 is 2.86 bits per heavy atom. The summed E-state index contributed by atoms with van der Waals surface area (Å²) in [5.74, 6) is 1.29.